The summed E-state index contributed by atoms with van der Waals surface area (Å²) >= 11 is 0. The molecular formula is C14H22F3NO3. The zero-order valence-electron chi connectivity index (χ0n) is 12.3. The lowest BCUT2D eigenvalue weighted by Gasteiger charge is -2.35. The highest BCUT2D eigenvalue weighted by molar-refractivity contribution is 5.88. The Kier molecular flexibility index (Phi) is 5.64. The van der Waals surface area contributed by atoms with Crippen molar-refractivity contribution in [1.82, 2.24) is 5.32 Å². The van der Waals surface area contributed by atoms with Crippen molar-refractivity contribution >= 4 is 11.9 Å². The van der Waals surface area contributed by atoms with Crippen LogP contribution in [0, 0.1) is 11.8 Å². The first kappa shape index (κ1) is 17.8. The van der Waals surface area contributed by atoms with Crippen LogP contribution in [0.25, 0.3) is 0 Å². The van der Waals surface area contributed by atoms with E-state index in [4.69, 9.17) is 0 Å². The highest BCUT2D eigenvalue weighted by atomic mass is 19.4. The first-order chi connectivity index (χ1) is 9.62. The molecule has 1 rings (SSSR count). The minimum atomic E-state index is -4.42. The highest BCUT2D eigenvalue weighted by Gasteiger charge is 2.49. The highest BCUT2D eigenvalue weighted by Crippen LogP contribution is 2.41. The summed E-state index contributed by atoms with van der Waals surface area (Å²) in [7, 11) is 0. The quantitative estimate of drug-likeness (QED) is 0.820. The largest absolute Gasteiger partial charge is 0.480 e. The molecule has 3 atom stereocenters. The molecule has 3 unspecified atom stereocenters. The smallest absolute Gasteiger partial charge is 0.392 e. The topological polar surface area (TPSA) is 66.4 Å². The fourth-order valence-electron chi connectivity index (χ4n) is 2.92. The molecule has 0 aromatic rings. The van der Waals surface area contributed by atoms with Crippen LogP contribution in [0.2, 0.25) is 0 Å². The zero-order chi connectivity index (χ0) is 16.3. The Morgan fingerprint density at radius 3 is 2.29 bits per heavy atom. The van der Waals surface area contributed by atoms with E-state index in [2.05, 4.69) is 5.32 Å². The molecule has 0 aliphatic heterocycles. The molecule has 0 aromatic carbocycles. The van der Waals surface area contributed by atoms with E-state index in [0.29, 0.717) is 19.3 Å². The minimum Gasteiger partial charge on any atom is -0.480 e. The molecule has 7 heteroatoms. The van der Waals surface area contributed by atoms with Crippen molar-refractivity contribution in [3.05, 3.63) is 0 Å². The molecule has 1 aliphatic rings. The molecule has 1 aliphatic carbocycles. The third-order valence-electron chi connectivity index (χ3n) is 4.14. The van der Waals surface area contributed by atoms with Gasteiger partial charge >= 0.3 is 12.1 Å². The van der Waals surface area contributed by atoms with E-state index < -0.39 is 35.4 Å². The molecule has 21 heavy (non-hydrogen) atoms. The first-order valence-corrected chi connectivity index (χ1v) is 7.24. The van der Waals surface area contributed by atoms with Crippen LogP contribution in [-0.2, 0) is 9.59 Å². The molecule has 1 saturated carbocycles. The lowest BCUT2D eigenvalue weighted by molar-refractivity contribution is -0.198. The number of hydrogen-bond acceptors (Lipinski definition) is 2. The predicted molar refractivity (Wildman–Crippen MR) is 70.6 cm³/mol. The van der Waals surface area contributed by atoms with Gasteiger partial charge in [0, 0.05) is 5.92 Å². The summed E-state index contributed by atoms with van der Waals surface area (Å²) in [4.78, 5) is 23.4. The summed E-state index contributed by atoms with van der Waals surface area (Å²) in [5.74, 6) is -4.88. The number of nitrogens with one attached hydrogen (secondary N) is 1. The number of carboxylic acid groups (broad SMARTS) is 1. The number of alkyl halides is 3. The molecule has 0 heterocycles. The van der Waals surface area contributed by atoms with Gasteiger partial charge in [0.2, 0.25) is 5.91 Å². The van der Waals surface area contributed by atoms with E-state index in [1.54, 1.807) is 6.92 Å². The number of carboxylic acids is 1. The molecule has 0 radical (unpaired) electrons. The van der Waals surface area contributed by atoms with Gasteiger partial charge in [0.1, 0.15) is 5.54 Å². The summed E-state index contributed by atoms with van der Waals surface area (Å²) in [5.41, 5.74) is -1.51. The summed E-state index contributed by atoms with van der Waals surface area (Å²) in [5, 5.41) is 11.5. The van der Waals surface area contributed by atoms with Crippen LogP contribution in [-0.4, -0.2) is 28.7 Å². The maximum absolute atomic E-state index is 13.0. The monoisotopic (exact) mass is 309 g/mol. The predicted octanol–water partition coefficient (Wildman–Crippen LogP) is 3.11. The lowest BCUT2D eigenvalue weighted by atomic mass is 9.77. The van der Waals surface area contributed by atoms with Crippen molar-refractivity contribution in [3.8, 4) is 0 Å². The fourth-order valence-corrected chi connectivity index (χ4v) is 2.92. The van der Waals surface area contributed by atoms with E-state index in [9.17, 15) is 27.9 Å². The van der Waals surface area contributed by atoms with Gasteiger partial charge in [-0.2, -0.15) is 13.2 Å². The number of halogens is 3. The van der Waals surface area contributed by atoms with E-state index >= 15 is 0 Å². The van der Waals surface area contributed by atoms with Gasteiger partial charge in [-0.1, -0.05) is 26.2 Å². The Labute approximate surface area is 122 Å². The van der Waals surface area contributed by atoms with Gasteiger partial charge < -0.3 is 10.4 Å². The van der Waals surface area contributed by atoms with E-state index in [-0.39, 0.29) is 19.3 Å². The molecule has 122 valence electrons. The van der Waals surface area contributed by atoms with Crippen molar-refractivity contribution in [2.24, 2.45) is 11.8 Å². The summed E-state index contributed by atoms with van der Waals surface area (Å²) in [6, 6.07) is 0. The average molecular weight is 309 g/mol. The molecule has 2 N–H and O–H groups in total. The minimum absolute atomic E-state index is 0.0703. The summed E-state index contributed by atoms with van der Waals surface area (Å²) in [6.07, 6.45) is -2.65. The Morgan fingerprint density at radius 2 is 1.81 bits per heavy atom. The van der Waals surface area contributed by atoms with Crippen LogP contribution in [0.1, 0.15) is 52.4 Å². The molecule has 1 fully saturated rings. The molecule has 0 bridgehead atoms. The Hall–Kier alpha value is -1.27. The van der Waals surface area contributed by atoms with Crippen molar-refractivity contribution < 1.29 is 27.9 Å². The van der Waals surface area contributed by atoms with Gasteiger partial charge in [0.25, 0.3) is 0 Å². The number of carbonyl (C=O) groups is 2. The van der Waals surface area contributed by atoms with Gasteiger partial charge in [0.15, 0.2) is 0 Å². The van der Waals surface area contributed by atoms with Crippen LogP contribution in [0.3, 0.4) is 0 Å². The molecule has 0 spiro atoms. The molecule has 0 aromatic heterocycles. The third-order valence-corrected chi connectivity index (χ3v) is 4.14. The van der Waals surface area contributed by atoms with Crippen LogP contribution in [0.15, 0.2) is 0 Å². The second-order valence-electron chi connectivity index (χ2n) is 5.92. The van der Waals surface area contributed by atoms with Gasteiger partial charge in [-0.05, 0) is 26.2 Å². The normalized spacial score (nSPS) is 26.0. The lowest BCUT2D eigenvalue weighted by Crippen LogP contribution is -2.55. The number of aliphatic carboxylic acids is 1. The maximum Gasteiger partial charge on any atom is 0.392 e. The Bertz CT molecular complexity index is 397. The Morgan fingerprint density at radius 1 is 1.24 bits per heavy atom. The summed E-state index contributed by atoms with van der Waals surface area (Å²) < 4.78 is 39.0. The second-order valence-corrected chi connectivity index (χ2v) is 5.92. The first-order valence-electron chi connectivity index (χ1n) is 7.24. The summed E-state index contributed by atoms with van der Waals surface area (Å²) in [6.45, 7) is 3.09. The number of amides is 1. The molecule has 1 amide bonds. The zero-order valence-corrected chi connectivity index (χ0v) is 12.3. The Balaban J connectivity index is 2.87. The molecule has 4 nitrogen and oxygen atoms in total. The van der Waals surface area contributed by atoms with Crippen LogP contribution in [0.5, 0.6) is 0 Å². The third kappa shape index (κ3) is 4.35. The standard InChI is InChI=1S/C14H22F3NO3/c1-3-8-13(2,12(20)21)18-11(19)9-6-4-5-7-10(9)14(15,16)17/h9-10H,3-8H2,1-2H3,(H,18,19)(H,20,21). The maximum atomic E-state index is 13.0. The van der Waals surface area contributed by atoms with Crippen LogP contribution >= 0.6 is 0 Å². The number of hydrogen-bond donors (Lipinski definition) is 2. The number of carbonyl (C=O) groups excluding carboxylic acids is 1. The molecular weight excluding hydrogens is 287 g/mol. The van der Waals surface area contributed by atoms with Crippen molar-refractivity contribution in [3.63, 3.8) is 0 Å². The number of rotatable bonds is 5. The SMILES string of the molecule is CCCC(C)(NC(=O)C1CCCCC1C(F)(F)F)C(=O)O. The molecule has 0 saturated heterocycles. The van der Waals surface area contributed by atoms with Gasteiger partial charge in [0.05, 0.1) is 5.92 Å². The fraction of sp³-hybridized carbons (Fsp3) is 0.857. The van der Waals surface area contributed by atoms with E-state index in [1.807, 2.05) is 0 Å². The van der Waals surface area contributed by atoms with Crippen molar-refractivity contribution in [1.29, 1.82) is 0 Å². The van der Waals surface area contributed by atoms with E-state index in [1.165, 1.54) is 6.92 Å². The van der Waals surface area contributed by atoms with Crippen LogP contribution < -0.4 is 5.32 Å². The van der Waals surface area contributed by atoms with Gasteiger partial charge in [-0.25, -0.2) is 4.79 Å². The van der Waals surface area contributed by atoms with Crippen molar-refractivity contribution in [2.75, 3.05) is 0 Å². The van der Waals surface area contributed by atoms with Crippen molar-refractivity contribution in [2.45, 2.75) is 64.1 Å². The average Bonchev–Trinajstić information content (AvgIpc) is 2.37. The van der Waals surface area contributed by atoms with Crippen LogP contribution in [0.4, 0.5) is 13.2 Å². The van der Waals surface area contributed by atoms with E-state index in [0.717, 1.165) is 0 Å². The second kappa shape index (κ2) is 6.66. The van der Waals surface area contributed by atoms with Gasteiger partial charge in [-0.3, -0.25) is 4.79 Å². The van der Waals surface area contributed by atoms with Gasteiger partial charge in [-0.15, -0.1) is 0 Å².